The number of sulfone groups is 1. The molecule has 7 nitrogen and oxygen atoms in total. The molecule has 2 N–H and O–H groups in total. The van der Waals surface area contributed by atoms with Gasteiger partial charge in [0.25, 0.3) is 0 Å². The minimum Gasteiger partial charge on any atom is -0.478 e. The van der Waals surface area contributed by atoms with Crippen LogP contribution in [0.2, 0.25) is 0 Å². The van der Waals surface area contributed by atoms with Crippen LogP contribution in [0, 0.1) is 6.92 Å². The highest BCUT2D eigenvalue weighted by atomic mass is 32.2. The summed E-state index contributed by atoms with van der Waals surface area (Å²) in [5.41, 5.74) is 0.433. The van der Waals surface area contributed by atoms with Crippen LogP contribution in [-0.4, -0.2) is 44.7 Å². The Labute approximate surface area is 123 Å². The van der Waals surface area contributed by atoms with E-state index in [2.05, 4.69) is 4.72 Å². The number of carbonyl (C=O) groups is 1. The third kappa shape index (κ3) is 3.35. The maximum absolute atomic E-state index is 12.2. The van der Waals surface area contributed by atoms with Gasteiger partial charge in [-0.2, -0.15) is 0 Å². The van der Waals surface area contributed by atoms with Crippen LogP contribution >= 0.6 is 0 Å². The van der Waals surface area contributed by atoms with Gasteiger partial charge in [-0.15, -0.1) is 0 Å². The molecule has 1 aromatic rings. The summed E-state index contributed by atoms with van der Waals surface area (Å²) in [5, 5.41) is 8.01. The summed E-state index contributed by atoms with van der Waals surface area (Å²) in [7, 11) is -7.19. The average molecular weight is 333 g/mol. The van der Waals surface area contributed by atoms with E-state index in [1.807, 2.05) is 0 Å². The van der Waals surface area contributed by atoms with Gasteiger partial charge in [-0.05, 0) is 31.0 Å². The van der Waals surface area contributed by atoms with Crippen LogP contribution in [0.15, 0.2) is 18.2 Å². The van der Waals surface area contributed by atoms with Gasteiger partial charge in [-0.1, -0.05) is 6.07 Å². The molecule has 1 aliphatic rings. The quantitative estimate of drug-likeness (QED) is 0.834. The second kappa shape index (κ2) is 5.30. The average Bonchev–Trinajstić information content (AvgIpc) is 2.72. The predicted octanol–water partition coefficient (Wildman–Crippen LogP) is 0.622. The van der Waals surface area contributed by atoms with E-state index in [1.54, 1.807) is 0 Å². The van der Waals surface area contributed by atoms with Crippen molar-refractivity contribution in [2.75, 3.05) is 16.2 Å². The van der Waals surface area contributed by atoms with E-state index in [4.69, 9.17) is 5.11 Å². The third-order valence-electron chi connectivity index (χ3n) is 3.45. The first-order chi connectivity index (χ1) is 9.62. The molecule has 0 saturated carbocycles. The lowest BCUT2D eigenvalue weighted by Crippen LogP contribution is -2.29. The van der Waals surface area contributed by atoms with Gasteiger partial charge < -0.3 is 5.11 Å². The Hall–Kier alpha value is -1.61. The molecule has 2 rings (SSSR count). The van der Waals surface area contributed by atoms with E-state index >= 15 is 0 Å². The topological polar surface area (TPSA) is 118 Å². The number of rotatable bonds is 4. The number of aromatic carboxylic acids is 1. The van der Waals surface area contributed by atoms with Crippen LogP contribution in [0.1, 0.15) is 22.3 Å². The molecule has 116 valence electrons. The first kappa shape index (κ1) is 15.8. The summed E-state index contributed by atoms with van der Waals surface area (Å²) in [6.07, 6.45) is 0.0509. The number of hydrogen-bond acceptors (Lipinski definition) is 5. The van der Waals surface area contributed by atoms with Gasteiger partial charge in [-0.3, -0.25) is 4.72 Å². The Morgan fingerprint density at radius 3 is 2.57 bits per heavy atom. The van der Waals surface area contributed by atoms with Gasteiger partial charge in [0, 0.05) is 0 Å². The molecule has 1 heterocycles. The van der Waals surface area contributed by atoms with Gasteiger partial charge in [-0.25, -0.2) is 21.6 Å². The molecule has 1 fully saturated rings. The van der Waals surface area contributed by atoms with Crippen molar-refractivity contribution in [1.82, 2.24) is 0 Å². The molecule has 1 atom stereocenters. The molecule has 0 amide bonds. The van der Waals surface area contributed by atoms with Crippen LogP contribution in [0.25, 0.3) is 0 Å². The minimum absolute atomic E-state index is 0.00533. The van der Waals surface area contributed by atoms with Crippen molar-refractivity contribution in [1.29, 1.82) is 0 Å². The van der Waals surface area contributed by atoms with E-state index in [0.717, 1.165) is 0 Å². The summed E-state index contributed by atoms with van der Waals surface area (Å²) in [6.45, 7) is 1.49. The lowest BCUT2D eigenvalue weighted by atomic mass is 10.1. The maximum Gasteiger partial charge on any atom is 0.336 e. The highest BCUT2D eigenvalue weighted by molar-refractivity contribution is 7.97. The zero-order chi connectivity index (χ0) is 15.8. The second-order valence-electron chi connectivity index (χ2n) is 4.96. The first-order valence-electron chi connectivity index (χ1n) is 6.17. The van der Waals surface area contributed by atoms with Crippen molar-refractivity contribution in [3.8, 4) is 0 Å². The fourth-order valence-electron chi connectivity index (χ4n) is 2.22. The van der Waals surface area contributed by atoms with E-state index in [0.29, 0.717) is 0 Å². The van der Waals surface area contributed by atoms with Crippen LogP contribution in [0.3, 0.4) is 0 Å². The van der Waals surface area contributed by atoms with Crippen molar-refractivity contribution < 1.29 is 26.7 Å². The molecule has 1 saturated heterocycles. The number of hydrogen-bond donors (Lipinski definition) is 2. The molecular formula is C12H15NO6S2. The highest BCUT2D eigenvalue weighted by Crippen LogP contribution is 2.24. The van der Waals surface area contributed by atoms with E-state index < -0.39 is 36.8 Å². The molecule has 1 unspecified atom stereocenters. The van der Waals surface area contributed by atoms with Gasteiger partial charge in [0.1, 0.15) is 0 Å². The number of carboxylic acid groups (broad SMARTS) is 1. The van der Waals surface area contributed by atoms with Gasteiger partial charge in [0.2, 0.25) is 10.0 Å². The Kier molecular flexibility index (Phi) is 3.98. The molecule has 0 radical (unpaired) electrons. The van der Waals surface area contributed by atoms with Crippen molar-refractivity contribution in [2.24, 2.45) is 0 Å². The summed E-state index contributed by atoms with van der Waals surface area (Å²) < 4.78 is 49.5. The number of benzene rings is 1. The SMILES string of the molecule is Cc1c(NS(=O)(=O)C2CCS(=O)(=O)C2)cccc1C(=O)O. The lowest BCUT2D eigenvalue weighted by Gasteiger charge is -2.15. The molecule has 1 aromatic carbocycles. The first-order valence-corrected chi connectivity index (χ1v) is 9.54. The molecule has 0 spiro atoms. The van der Waals surface area contributed by atoms with Crippen molar-refractivity contribution >= 4 is 31.5 Å². The van der Waals surface area contributed by atoms with Crippen LogP contribution < -0.4 is 4.72 Å². The Bertz CT molecular complexity index is 782. The molecule has 0 aromatic heterocycles. The predicted molar refractivity (Wildman–Crippen MR) is 77.7 cm³/mol. The van der Waals surface area contributed by atoms with Crippen LogP contribution in [-0.2, 0) is 19.9 Å². The molecule has 1 aliphatic heterocycles. The summed E-state index contributed by atoms with van der Waals surface area (Å²) in [5.74, 6) is -1.70. The normalized spacial score (nSPS) is 21.1. The summed E-state index contributed by atoms with van der Waals surface area (Å²) >= 11 is 0. The van der Waals surface area contributed by atoms with Gasteiger partial charge in [0.15, 0.2) is 9.84 Å². The van der Waals surface area contributed by atoms with Crippen molar-refractivity contribution in [3.05, 3.63) is 29.3 Å². The standard InChI is InChI=1S/C12H15NO6S2/c1-8-10(12(14)15)3-2-4-11(8)13-21(18,19)9-5-6-20(16,17)7-9/h2-4,9,13H,5-7H2,1H3,(H,14,15). The smallest absolute Gasteiger partial charge is 0.336 e. The minimum atomic E-state index is -3.87. The van der Waals surface area contributed by atoms with Gasteiger partial charge in [0.05, 0.1) is 28.0 Å². The van der Waals surface area contributed by atoms with Crippen molar-refractivity contribution in [3.63, 3.8) is 0 Å². The van der Waals surface area contributed by atoms with E-state index in [1.165, 1.54) is 25.1 Å². The Balaban J connectivity index is 2.30. The molecule has 21 heavy (non-hydrogen) atoms. The number of anilines is 1. The van der Waals surface area contributed by atoms with E-state index in [-0.39, 0.29) is 29.0 Å². The largest absolute Gasteiger partial charge is 0.478 e. The number of carboxylic acids is 1. The third-order valence-corrected chi connectivity index (χ3v) is 7.21. The number of sulfonamides is 1. The lowest BCUT2D eigenvalue weighted by molar-refractivity contribution is 0.0696. The molecule has 0 bridgehead atoms. The zero-order valence-electron chi connectivity index (χ0n) is 11.2. The second-order valence-corrected chi connectivity index (χ2v) is 9.14. The Morgan fingerprint density at radius 1 is 1.38 bits per heavy atom. The van der Waals surface area contributed by atoms with Crippen LogP contribution in [0.5, 0.6) is 0 Å². The monoisotopic (exact) mass is 333 g/mol. The molecule has 0 aliphatic carbocycles. The fraction of sp³-hybridized carbons (Fsp3) is 0.417. The van der Waals surface area contributed by atoms with Gasteiger partial charge >= 0.3 is 5.97 Å². The molecule has 9 heteroatoms. The maximum atomic E-state index is 12.2. The zero-order valence-corrected chi connectivity index (χ0v) is 12.9. The summed E-state index contributed by atoms with van der Waals surface area (Å²) in [6, 6.07) is 4.25. The number of nitrogens with one attached hydrogen (secondary N) is 1. The van der Waals surface area contributed by atoms with Crippen molar-refractivity contribution in [2.45, 2.75) is 18.6 Å². The molecular weight excluding hydrogens is 318 g/mol. The van der Waals surface area contributed by atoms with Crippen LogP contribution in [0.4, 0.5) is 5.69 Å². The highest BCUT2D eigenvalue weighted by Gasteiger charge is 2.37. The Morgan fingerprint density at radius 2 is 2.05 bits per heavy atom. The van der Waals surface area contributed by atoms with E-state index in [9.17, 15) is 21.6 Å². The summed E-state index contributed by atoms with van der Waals surface area (Å²) in [4.78, 5) is 11.0. The fourth-order valence-corrected chi connectivity index (χ4v) is 6.37.